The van der Waals surface area contributed by atoms with Crippen molar-refractivity contribution in [2.75, 3.05) is 18.8 Å². The van der Waals surface area contributed by atoms with Crippen LogP contribution >= 0.6 is 11.8 Å². The number of hydrogen-bond acceptors (Lipinski definition) is 3. The maximum absolute atomic E-state index is 5.76. The van der Waals surface area contributed by atoms with Crippen molar-refractivity contribution >= 4 is 11.8 Å². The van der Waals surface area contributed by atoms with E-state index in [1.165, 1.54) is 5.75 Å². The zero-order valence-electron chi connectivity index (χ0n) is 7.47. The smallest absolute Gasteiger partial charge is 0.0578 e. The molecule has 1 heterocycles. The lowest BCUT2D eigenvalue weighted by Gasteiger charge is -2.32. The van der Waals surface area contributed by atoms with E-state index in [1.807, 2.05) is 11.8 Å². The summed E-state index contributed by atoms with van der Waals surface area (Å²) in [5, 5.41) is 3.94. The van der Waals surface area contributed by atoms with E-state index in [-0.39, 0.29) is 5.54 Å². The Morgan fingerprint density at radius 1 is 1.83 bits per heavy atom. The van der Waals surface area contributed by atoms with Gasteiger partial charge in [0.2, 0.25) is 0 Å². The molecule has 0 aromatic heterocycles. The van der Waals surface area contributed by atoms with Crippen LogP contribution in [-0.2, 0) is 0 Å². The minimum atomic E-state index is 0.0943. The summed E-state index contributed by atoms with van der Waals surface area (Å²) >= 11 is 1.97. The van der Waals surface area contributed by atoms with E-state index < -0.39 is 0 Å². The quantitative estimate of drug-likeness (QED) is 0.625. The SMILES string of the molecule is C#CCNC1(CN)CCSC1C. The second-order valence-corrected chi connectivity index (χ2v) is 4.63. The van der Waals surface area contributed by atoms with Gasteiger partial charge in [0.05, 0.1) is 6.54 Å². The molecule has 2 unspecified atom stereocenters. The van der Waals surface area contributed by atoms with Crippen LogP contribution in [0, 0.1) is 12.3 Å². The fourth-order valence-corrected chi connectivity index (χ4v) is 3.03. The third-order valence-electron chi connectivity index (χ3n) is 2.60. The lowest BCUT2D eigenvalue weighted by Crippen LogP contribution is -2.55. The molecule has 0 bridgehead atoms. The molecule has 2 atom stereocenters. The van der Waals surface area contributed by atoms with Gasteiger partial charge in [-0.05, 0) is 12.2 Å². The highest BCUT2D eigenvalue weighted by atomic mass is 32.2. The number of hydrogen-bond donors (Lipinski definition) is 2. The highest BCUT2D eigenvalue weighted by molar-refractivity contribution is 8.00. The van der Waals surface area contributed by atoms with Crippen molar-refractivity contribution in [1.29, 1.82) is 0 Å². The van der Waals surface area contributed by atoms with E-state index in [9.17, 15) is 0 Å². The Hall–Kier alpha value is -0.170. The molecule has 0 spiro atoms. The average Bonchev–Trinajstić information content (AvgIpc) is 2.45. The van der Waals surface area contributed by atoms with Crippen LogP contribution in [0.4, 0.5) is 0 Å². The van der Waals surface area contributed by atoms with E-state index in [1.54, 1.807) is 0 Å². The average molecular weight is 184 g/mol. The Labute approximate surface area is 78.7 Å². The van der Waals surface area contributed by atoms with Crippen molar-refractivity contribution < 1.29 is 0 Å². The van der Waals surface area contributed by atoms with Crippen molar-refractivity contribution in [2.45, 2.75) is 24.1 Å². The van der Waals surface area contributed by atoms with E-state index in [0.717, 1.165) is 6.42 Å². The summed E-state index contributed by atoms with van der Waals surface area (Å²) in [5.41, 5.74) is 5.85. The summed E-state index contributed by atoms with van der Waals surface area (Å²) in [6, 6.07) is 0. The Bertz CT molecular complexity index is 187. The first-order valence-electron chi connectivity index (χ1n) is 4.25. The van der Waals surface area contributed by atoms with Crippen molar-refractivity contribution in [3.63, 3.8) is 0 Å². The third kappa shape index (κ3) is 1.77. The van der Waals surface area contributed by atoms with Crippen LogP contribution in [0.3, 0.4) is 0 Å². The fourth-order valence-electron chi connectivity index (χ4n) is 1.58. The number of thioether (sulfide) groups is 1. The molecule has 1 rings (SSSR count). The van der Waals surface area contributed by atoms with Crippen LogP contribution in [-0.4, -0.2) is 29.6 Å². The highest BCUT2D eigenvalue weighted by Gasteiger charge is 2.38. The Kier molecular flexibility index (Phi) is 3.45. The molecule has 2 nitrogen and oxygen atoms in total. The fraction of sp³-hybridized carbons (Fsp3) is 0.778. The maximum Gasteiger partial charge on any atom is 0.0578 e. The van der Waals surface area contributed by atoms with E-state index in [2.05, 4.69) is 18.2 Å². The molecule has 1 fully saturated rings. The minimum absolute atomic E-state index is 0.0943. The molecular formula is C9H16N2S. The molecule has 0 aromatic rings. The predicted molar refractivity (Wildman–Crippen MR) is 55.2 cm³/mol. The highest BCUT2D eigenvalue weighted by Crippen LogP contribution is 2.34. The Morgan fingerprint density at radius 3 is 3.00 bits per heavy atom. The third-order valence-corrected chi connectivity index (χ3v) is 3.99. The summed E-state index contributed by atoms with van der Waals surface area (Å²) in [5.74, 6) is 3.79. The van der Waals surface area contributed by atoms with E-state index in [0.29, 0.717) is 18.3 Å². The maximum atomic E-state index is 5.76. The number of rotatable bonds is 3. The second-order valence-electron chi connectivity index (χ2n) is 3.18. The van der Waals surface area contributed by atoms with Crippen LogP contribution in [0.2, 0.25) is 0 Å². The van der Waals surface area contributed by atoms with Crippen molar-refractivity contribution in [3.8, 4) is 12.3 Å². The van der Waals surface area contributed by atoms with Crippen molar-refractivity contribution in [1.82, 2.24) is 5.32 Å². The van der Waals surface area contributed by atoms with E-state index in [4.69, 9.17) is 12.2 Å². The van der Waals surface area contributed by atoms with Crippen LogP contribution in [0.1, 0.15) is 13.3 Å². The summed E-state index contributed by atoms with van der Waals surface area (Å²) in [6.07, 6.45) is 6.34. The molecule has 0 amide bonds. The van der Waals surface area contributed by atoms with Gasteiger partial charge in [-0.15, -0.1) is 6.42 Å². The Balaban J connectivity index is 2.56. The van der Waals surface area contributed by atoms with Gasteiger partial charge in [-0.2, -0.15) is 11.8 Å². The van der Waals surface area contributed by atoms with Gasteiger partial charge in [-0.1, -0.05) is 12.8 Å². The molecule has 3 N–H and O–H groups in total. The Morgan fingerprint density at radius 2 is 2.58 bits per heavy atom. The zero-order chi connectivity index (χ0) is 9.03. The van der Waals surface area contributed by atoms with Gasteiger partial charge in [0.15, 0.2) is 0 Å². The van der Waals surface area contributed by atoms with E-state index >= 15 is 0 Å². The van der Waals surface area contributed by atoms with Gasteiger partial charge < -0.3 is 5.73 Å². The lowest BCUT2D eigenvalue weighted by atomic mass is 9.93. The molecule has 1 aliphatic heterocycles. The number of nitrogens with two attached hydrogens (primary N) is 1. The first kappa shape index (κ1) is 9.91. The first-order valence-corrected chi connectivity index (χ1v) is 5.30. The standard InChI is InChI=1S/C9H16N2S/c1-3-5-11-9(7-10)4-6-12-8(9)2/h1,8,11H,4-7,10H2,2H3. The van der Waals surface area contributed by atoms with Gasteiger partial charge in [0, 0.05) is 17.3 Å². The lowest BCUT2D eigenvalue weighted by molar-refractivity contribution is 0.350. The number of nitrogens with one attached hydrogen (secondary N) is 1. The monoisotopic (exact) mass is 184 g/mol. The van der Waals surface area contributed by atoms with Gasteiger partial charge in [-0.3, -0.25) is 5.32 Å². The van der Waals surface area contributed by atoms with Crippen LogP contribution in [0.15, 0.2) is 0 Å². The van der Waals surface area contributed by atoms with Gasteiger partial charge in [0.1, 0.15) is 0 Å². The van der Waals surface area contributed by atoms with Crippen LogP contribution in [0.25, 0.3) is 0 Å². The molecular weight excluding hydrogens is 168 g/mol. The molecule has 3 heteroatoms. The molecule has 1 aliphatic rings. The zero-order valence-corrected chi connectivity index (χ0v) is 8.29. The summed E-state index contributed by atoms with van der Waals surface area (Å²) in [6.45, 7) is 3.53. The number of terminal acetylenes is 1. The van der Waals surface area contributed by atoms with Crippen LogP contribution < -0.4 is 11.1 Å². The van der Waals surface area contributed by atoms with Crippen molar-refractivity contribution in [2.24, 2.45) is 5.73 Å². The normalized spacial score (nSPS) is 34.9. The largest absolute Gasteiger partial charge is 0.329 e. The first-order chi connectivity index (χ1) is 5.75. The second kappa shape index (κ2) is 4.18. The molecule has 68 valence electrons. The van der Waals surface area contributed by atoms with Crippen molar-refractivity contribution in [3.05, 3.63) is 0 Å². The molecule has 12 heavy (non-hydrogen) atoms. The molecule has 0 saturated carbocycles. The summed E-state index contributed by atoms with van der Waals surface area (Å²) in [4.78, 5) is 0. The van der Waals surface area contributed by atoms with Gasteiger partial charge in [-0.25, -0.2) is 0 Å². The molecule has 0 aliphatic carbocycles. The van der Waals surface area contributed by atoms with Gasteiger partial charge >= 0.3 is 0 Å². The topological polar surface area (TPSA) is 38.0 Å². The summed E-state index contributed by atoms with van der Waals surface area (Å²) < 4.78 is 0. The van der Waals surface area contributed by atoms with Crippen LogP contribution in [0.5, 0.6) is 0 Å². The predicted octanol–water partition coefficient (Wildman–Crippen LogP) is 0.432. The minimum Gasteiger partial charge on any atom is -0.329 e. The molecule has 0 aromatic carbocycles. The summed E-state index contributed by atoms with van der Waals surface area (Å²) in [7, 11) is 0. The molecule has 0 radical (unpaired) electrons. The molecule has 1 saturated heterocycles. The van der Waals surface area contributed by atoms with Gasteiger partial charge in [0.25, 0.3) is 0 Å².